The van der Waals surface area contributed by atoms with Crippen LogP contribution in [-0.4, -0.2) is 31.5 Å². The van der Waals surface area contributed by atoms with Gasteiger partial charge in [0.15, 0.2) is 0 Å². The standard InChI is InChI=1S/C8H13N9/c9-8-13-6(5-7(14-8)15-10)11-1-3-17-4-2-12-16-17/h2,4-5H,1,3,10H2,(H4,9,11,13,14,15). The average molecular weight is 235 g/mol. The summed E-state index contributed by atoms with van der Waals surface area (Å²) in [6.45, 7) is 1.32. The summed E-state index contributed by atoms with van der Waals surface area (Å²) in [4.78, 5) is 7.89. The smallest absolute Gasteiger partial charge is 0.223 e. The number of nitrogen functional groups attached to an aromatic ring is 2. The quantitative estimate of drug-likeness (QED) is 0.385. The summed E-state index contributed by atoms with van der Waals surface area (Å²) < 4.78 is 1.71. The molecular weight excluding hydrogens is 222 g/mol. The molecule has 0 saturated heterocycles. The number of hydrogen-bond donors (Lipinski definition) is 4. The highest BCUT2D eigenvalue weighted by Crippen LogP contribution is 2.10. The lowest BCUT2D eigenvalue weighted by molar-refractivity contribution is 0.608. The van der Waals surface area contributed by atoms with Crippen LogP contribution in [0.4, 0.5) is 17.6 Å². The van der Waals surface area contributed by atoms with Crippen molar-refractivity contribution >= 4 is 17.6 Å². The molecule has 6 N–H and O–H groups in total. The second kappa shape index (κ2) is 5.07. The number of nitrogens with zero attached hydrogens (tertiary/aromatic N) is 5. The van der Waals surface area contributed by atoms with E-state index in [-0.39, 0.29) is 5.95 Å². The number of anilines is 3. The molecule has 0 spiro atoms. The number of nitrogens with one attached hydrogen (secondary N) is 2. The van der Waals surface area contributed by atoms with Crippen molar-refractivity contribution in [1.82, 2.24) is 25.0 Å². The first kappa shape index (κ1) is 11.1. The van der Waals surface area contributed by atoms with Crippen molar-refractivity contribution in [2.24, 2.45) is 5.84 Å². The second-order valence-corrected chi connectivity index (χ2v) is 3.23. The summed E-state index contributed by atoms with van der Waals surface area (Å²) in [5.74, 6) is 6.47. The van der Waals surface area contributed by atoms with Crippen LogP contribution in [0.5, 0.6) is 0 Å². The van der Waals surface area contributed by atoms with E-state index in [4.69, 9.17) is 11.6 Å². The number of nitrogens with two attached hydrogens (primary N) is 2. The van der Waals surface area contributed by atoms with Gasteiger partial charge in [-0.3, -0.25) is 4.68 Å². The van der Waals surface area contributed by atoms with Crippen molar-refractivity contribution in [2.45, 2.75) is 6.54 Å². The minimum absolute atomic E-state index is 0.156. The fourth-order valence-corrected chi connectivity index (χ4v) is 1.28. The molecular formula is C8H13N9. The van der Waals surface area contributed by atoms with Crippen LogP contribution in [0.2, 0.25) is 0 Å². The molecule has 0 aliphatic heterocycles. The van der Waals surface area contributed by atoms with Gasteiger partial charge in [-0.25, -0.2) is 5.84 Å². The maximum Gasteiger partial charge on any atom is 0.223 e. The van der Waals surface area contributed by atoms with Crippen molar-refractivity contribution in [3.05, 3.63) is 18.5 Å². The van der Waals surface area contributed by atoms with Crippen LogP contribution in [-0.2, 0) is 6.54 Å². The van der Waals surface area contributed by atoms with Crippen LogP contribution in [0.25, 0.3) is 0 Å². The van der Waals surface area contributed by atoms with Gasteiger partial charge in [-0.1, -0.05) is 5.21 Å². The molecule has 2 rings (SSSR count). The van der Waals surface area contributed by atoms with Crippen LogP contribution < -0.4 is 22.3 Å². The Labute approximate surface area is 97.2 Å². The molecule has 2 heterocycles. The van der Waals surface area contributed by atoms with Crippen LogP contribution in [0.1, 0.15) is 0 Å². The molecule has 0 radical (unpaired) electrons. The SMILES string of the molecule is NNc1cc(NCCn2ccnn2)nc(N)n1. The van der Waals surface area contributed by atoms with E-state index in [1.807, 2.05) is 0 Å². The zero-order valence-corrected chi connectivity index (χ0v) is 9.04. The lowest BCUT2D eigenvalue weighted by Gasteiger charge is -2.07. The number of hydrazine groups is 1. The maximum absolute atomic E-state index is 5.52. The fourth-order valence-electron chi connectivity index (χ4n) is 1.28. The molecule has 0 bridgehead atoms. The Morgan fingerprint density at radius 3 is 2.82 bits per heavy atom. The highest BCUT2D eigenvalue weighted by molar-refractivity contribution is 5.50. The molecule has 0 fully saturated rings. The Morgan fingerprint density at radius 2 is 2.12 bits per heavy atom. The summed E-state index contributed by atoms with van der Waals surface area (Å²) in [5.41, 5.74) is 7.93. The van der Waals surface area contributed by atoms with Crippen molar-refractivity contribution in [3.63, 3.8) is 0 Å². The fraction of sp³-hybridized carbons (Fsp3) is 0.250. The number of rotatable bonds is 5. The molecule has 0 saturated carbocycles. The van der Waals surface area contributed by atoms with Crippen LogP contribution in [0.3, 0.4) is 0 Å². The average Bonchev–Trinajstić information content (AvgIpc) is 2.81. The minimum atomic E-state index is 0.156. The van der Waals surface area contributed by atoms with Crippen molar-refractivity contribution in [1.29, 1.82) is 0 Å². The molecule has 17 heavy (non-hydrogen) atoms. The summed E-state index contributed by atoms with van der Waals surface area (Å²) in [5, 5.41) is 10.6. The first-order valence-corrected chi connectivity index (χ1v) is 4.97. The van der Waals surface area contributed by atoms with E-state index in [2.05, 4.69) is 31.0 Å². The van der Waals surface area contributed by atoms with E-state index in [0.29, 0.717) is 24.7 Å². The van der Waals surface area contributed by atoms with E-state index in [1.54, 1.807) is 23.1 Å². The number of hydrogen-bond acceptors (Lipinski definition) is 8. The van der Waals surface area contributed by atoms with Gasteiger partial charge in [-0.2, -0.15) is 9.97 Å². The molecule has 0 atom stereocenters. The first-order valence-electron chi connectivity index (χ1n) is 4.97. The Kier molecular flexibility index (Phi) is 3.31. The van der Waals surface area contributed by atoms with E-state index >= 15 is 0 Å². The van der Waals surface area contributed by atoms with Gasteiger partial charge in [-0.15, -0.1) is 5.10 Å². The Balaban J connectivity index is 1.92. The molecule has 0 unspecified atom stereocenters. The molecule has 0 amide bonds. The van der Waals surface area contributed by atoms with Gasteiger partial charge in [0.05, 0.1) is 12.7 Å². The molecule has 9 heteroatoms. The van der Waals surface area contributed by atoms with Gasteiger partial charge >= 0.3 is 0 Å². The van der Waals surface area contributed by atoms with Gasteiger partial charge in [0.25, 0.3) is 0 Å². The third-order valence-electron chi connectivity index (χ3n) is 2.01. The Hall–Kier alpha value is -2.42. The summed E-state index contributed by atoms with van der Waals surface area (Å²) in [7, 11) is 0. The van der Waals surface area contributed by atoms with E-state index < -0.39 is 0 Å². The maximum atomic E-state index is 5.52. The first-order chi connectivity index (χ1) is 8.28. The molecule has 0 aromatic carbocycles. The summed E-state index contributed by atoms with van der Waals surface area (Å²) in [6.07, 6.45) is 3.40. The Bertz CT molecular complexity index is 466. The lowest BCUT2D eigenvalue weighted by Crippen LogP contribution is -2.14. The molecule has 2 aromatic rings. The summed E-state index contributed by atoms with van der Waals surface area (Å²) >= 11 is 0. The van der Waals surface area contributed by atoms with E-state index in [9.17, 15) is 0 Å². The van der Waals surface area contributed by atoms with Gasteiger partial charge in [-0.05, 0) is 0 Å². The largest absolute Gasteiger partial charge is 0.368 e. The Morgan fingerprint density at radius 1 is 1.29 bits per heavy atom. The predicted octanol–water partition coefficient (Wildman–Crippen LogP) is -0.952. The minimum Gasteiger partial charge on any atom is -0.368 e. The molecule has 90 valence electrons. The predicted molar refractivity (Wildman–Crippen MR) is 62.8 cm³/mol. The normalized spacial score (nSPS) is 10.2. The van der Waals surface area contributed by atoms with Crippen molar-refractivity contribution < 1.29 is 0 Å². The molecule has 9 nitrogen and oxygen atoms in total. The third kappa shape index (κ3) is 3.01. The van der Waals surface area contributed by atoms with Crippen LogP contribution in [0, 0.1) is 0 Å². The highest BCUT2D eigenvalue weighted by atomic mass is 15.4. The van der Waals surface area contributed by atoms with E-state index in [1.165, 1.54) is 0 Å². The lowest BCUT2D eigenvalue weighted by atomic mass is 10.5. The topological polar surface area (TPSA) is 133 Å². The molecule has 0 aliphatic carbocycles. The van der Waals surface area contributed by atoms with Gasteiger partial charge < -0.3 is 16.5 Å². The monoisotopic (exact) mass is 235 g/mol. The van der Waals surface area contributed by atoms with Crippen molar-refractivity contribution in [3.8, 4) is 0 Å². The zero-order chi connectivity index (χ0) is 12.1. The molecule has 0 aliphatic rings. The van der Waals surface area contributed by atoms with Crippen LogP contribution in [0.15, 0.2) is 18.5 Å². The van der Waals surface area contributed by atoms with Gasteiger partial charge in [0, 0.05) is 18.8 Å². The highest BCUT2D eigenvalue weighted by Gasteiger charge is 2.00. The number of aromatic nitrogens is 5. The van der Waals surface area contributed by atoms with E-state index in [0.717, 1.165) is 0 Å². The zero-order valence-electron chi connectivity index (χ0n) is 9.04. The van der Waals surface area contributed by atoms with Gasteiger partial charge in [0.2, 0.25) is 5.95 Å². The third-order valence-corrected chi connectivity index (χ3v) is 2.01. The van der Waals surface area contributed by atoms with Gasteiger partial charge in [0.1, 0.15) is 11.6 Å². The molecule has 2 aromatic heterocycles. The second-order valence-electron chi connectivity index (χ2n) is 3.23. The van der Waals surface area contributed by atoms with Crippen molar-refractivity contribution in [2.75, 3.05) is 23.0 Å². The van der Waals surface area contributed by atoms with Crippen LogP contribution >= 0.6 is 0 Å². The summed E-state index contributed by atoms with van der Waals surface area (Å²) in [6, 6.07) is 1.66.